The largest absolute Gasteiger partial charge is 0.497 e. The molecule has 3 aromatic rings. The van der Waals surface area contributed by atoms with Gasteiger partial charge in [0, 0.05) is 17.7 Å². The van der Waals surface area contributed by atoms with E-state index in [0.717, 1.165) is 16.0 Å². The molecule has 162 valence electrons. The number of nitrogens with zero attached hydrogens (tertiary/aromatic N) is 2. The summed E-state index contributed by atoms with van der Waals surface area (Å²) < 4.78 is 5.14. The zero-order valence-corrected chi connectivity index (χ0v) is 18.2. The van der Waals surface area contributed by atoms with Crippen LogP contribution in [0.3, 0.4) is 0 Å². The van der Waals surface area contributed by atoms with Gasteiger partial charge in [0.2, 0.25) is 0 Å². The van der Waals surface area contributed by atoms with Gasteiger partial charge in [0.25, 0.3) is 5.91 Å². The number of imide groups is 1. The summed E-state index contributed by atoms with van der Waals surface area (Å²) in [6.45, 7) is 3.89. The summed E-state index contributed by atoms with van der Waals surface area (Å²) in [5.74, 6) is 0.00320. The molecule has 0 aliphatic carbocycles. The summed E-state index contributed by atoms with van der Waals surface area (Å²) in [5.41, 5.74) is 3.59. The Balaban J connectivity index is 1.69. The van der Waals surface area contributed by atoms with E-state index in [4.69, 9.17) is 4.74 Å². The summed E-state index contributed by atoms with van der Waals surface area (Å²) in [6, 6.07) is 19.9. The lowest BCUT2D eigenvalue weighted by molar-refractivity contribution is -0.117. The molecule has 0 N–H and O–H groups in total. The van der Waals surface area contributed by atoms with Crippen LogP contribution in [0.5, 0.6) is 5.75 Å². The van der Waals surface area contributed by atoms with Crippen LogP contribution < -0.4 is 14.5 Å². The summed E-state index contributed by atoms with van der Waals surface area (Å²) in [4.78, 5) is 42.4. The molecule has 4 rings (SSSR count). The number of anilines is 2. The number of hydrogen-bond donors (Lipinski definition) is 0. The van der Waals surface area contributed by atoms with E-state index >= 15 is 0 Å². The van der Waals surface area contributed by atoms with Crippen molar-refractivity contribution in [1.82, 2.24) is 0 Å². The first-order valence-electron chi connectivity index (χ1n) is 10.4. The van der Waals surface area contributed by atoms with Gasteiger partial charge in [-0.05, 0) is 62.4 Å². The number of aryl methyl sites for hydroxylation is 2. The third-order valence-electron chi connectivity index (χ3n) is 5.61. The van der Waals surface area contributed by atoms with Gasteiger partial charge >= 0.3 is 6.03 Å². The molecule has 1 fully saturated rings. The first kappa shape index (κ1) is 21.3. The highest BCUT2D eigenvalue weighted by Crippen LogP contribution is 2.32. The van der Waals surface area contributed by atoms with Gasteiger partial charge in [-0.2, -0.15) is 0 Å². The number of rotatable bonds is 6. The van der Waals surface area contributed by atoms with Crippen molar-refractivity contribution in [2.75, 3.05) is 16.9 Å². The predicted octanol–water partition coefficient (Wildman–Crippen LogP) is 4.93. The standard InChI is InChI=1S/C26H24N2O4/c1-17-4-10-20(11-5-17)27-23(16-24(29)19-8-14-22(32-3)15-9-19)25(30)28(26(27)31)21-12-6-18(2)7-13-21/h4-15,23H,16H2,1-3H3. The fourth-order valence-corrected chi connectivity index (χ4v) is 3.77. The van der Waals surface area contributed by atoms with Crippen molar-refractivity contribution in [2.24, 2.45) is 0 Å². The molecule has 0 spiro atoms. The molecule has 1 aliphatic heterocycles. The van der Waals surface area contributed by atoms with E-state index in [0.29, 0.717) is 22.7 Å². The number of methoxy groups -OCH3 is 1. The van der Waals surface area contributed by atoms with E-state index in [9.17, 15) is 14.4 Å². The number of amides is 3. The molecule has 1 aliphatic rings. The lowest BCUT2D eigenvalue weighted by Crippen LogP contribution is -2.36. The minimum atomic E-state index is -0.930. The number of urea groups is 1. The number of ketones is 1. The lowest BCUT2D eigenvalue weighted by atomic mass is 10.0. The minimum Gasteiger partial charge on any atom is -0.497 e. The maximum atomic E-state index is 13.4. The first-order valence-corrected chi connectivity index (χ1v) is 10.4. The number of benzene rings is 3. The molecule has 3 aromatic carbocycles. The second-order valence-corrected chi connectivity index (χ2v) is 7.87. The normalized spacial score (nSPS) is 15.9. The smallest absolute Gasteiger partial charge is 0.336 e. The number of ether oxygens (including phenoxy) is 1. The van der Waals surface area contributed by atoms with Crippen LogP contribution in [0, 0.1) is 13.8 Å². The molecular weight excluding hydrogens is 404 g/mol. The molecular formula is C26H24N2O4. The maximum Gasteiger partial charge on any atom is 0.336 e. The molecule has 0 aromatic heterocycles. The Morgan fingerprint density at radius 2 is 1.34 bits per heavy atom. The van der Waals surface area contributed by atoms with Gasteiger partial charge in [-0.3, -0.25) is 14.5 Å². The average Bonchev–Trinajstić information content (AvgIpc) is 3.04. The van der Waals surface area contributed by atoms with Crippen molar-refractivity contribution in [2.45, 2.75) is 26.3 Å². The number of hydrogen-bond acceptors (Lipinski definition) is 4. The Morgan fingerprint density at radius 3 is 1.88 bits per heavy atom. The molecule has 1 saturated heterocycles. The van der Waals surface area contributed by atoms with E-state index < -0.39 is 18.0 Å². The van der Waals surface area contributed by atoms with Crippen molar-refractivity contribution in [3.8, 4) is 5.75 Å². The van der Waals surface area contributed by atoms with Gasteiger partial charge in [-0.1, -0.05) is 35.4 Å². The van der Waals surface area contributed by atoms with Crippen LogP contribution in [0.1, 0.15) is 27.9 Å². The van der Waals surface area contributed by atoms with Crippen LogP contribution in [-0.4, -0.2) is 30.9 Å². The molecule has 0 bridgehead atoms. The second kappa shape index (κ2) is 8.67. The zero-order chi connectivity index (χ0) is 22.8. The van der Waals surface area contributed by atoms with Crippen LogP contribution in [0.15, 0.2) is 72.8 Å². The molecule has 6 nitrogen and oxygen atoms in total. The highest BCUT2D eigenvalue weighted by molar-refractivity contribution is 6.29. The van der Waals surface area contributed by atoms with Gasteiger partial charge < -0.3 is 4.74 Å². The monoisotopic (exact) mass is 428 g/mol. The Hall–Kier alpha value is -3.93. The van der Waals surface area contributed by atoms with E-state index in [2.05, 4.69) is 0 Å². The topological polar surface area (TPSA) is 66.9 Å². The molecule has 1 atom stereocenters. The molecule has 0 saturated carbocycles. The third kappa shape index (κ3) is 3.99. The fraction of sp³-hybridized carbons (Fsp3) is 0.192. The van der Waals surface area contributed by atoms with Gasteiger partial charge in [-0.15, -0.1) is 0 Å². The summed E-state index contributed by atoms with van der Waals surface area (Å²) in [5, 5.41) is 0. The van der Waals surface area contributed by atoms with E-state index in [1.54, 1.807) is 55.6 Å². The molecule has 0 radical (unpaired) electrons. The van der Waals surface area contributed by atoms with Crippen molar-refractivity contribution in [3.05, 3.63) is 89.5 Å². The fourth-order valence-electron chi connectivity index (χ4n) is 3.77. The lowest BCUT2D eigenvalue weighted by Gasteiger charge is -2.21. The third-order valence-corrected chi connectivity index (χ3v) is 5.61. The molecule has 1 unspecified atom stereocenters. The van der Waals surface area contributed by atoms with E-state index in [-0.39, 0.29) is 12.2 Å². The molecule has 32 heavy (non-hydrogen) atoms. The van der Waals surface area contributed by atoms with Crippen LogP contribution in [0.2, 0.25) is 0 Å². The molecule has 6 heteroatoms. The van der Waals surface area contributed by atoms with Crippen molar-refractivity contribution < 1.29 is 19.1 Å². The van der Waals surface area contributed by atoms with Gasteiger partial charge in [-0.25, -0.2) is 9.69 Å². The van der Waals surface area contributed by atoms with Crippen LogP contribution >= 0.6 is 0 Å². The minimum absolute atomic E-state index is 0.118. The van der Waals surface area contributed by atoms with Crippen molar-refractivity contribution >= 4 is 29.1 Å². The summed E-state index contributed by atoms with van der Waals surface area (Å²) in [6.07, 6.45) is -0.118. The molecule has 1 heterocycles. The van der Waals surface area contributed by atoms with Crippen molar-refractivity contribution in [1.29, 1.82) is 0 Å². The highest BCUT2D eigenvalue weighted by Gasteiger charge is 2.47. The Kier molecular flexibility index (Phi) is 5.77. The van der Waals surface area contributed by atoms with Gasteiger partial charge in [0.15, 0.2) is 5.78 Å². The summed E-state index contributed by atoms with van der Waals surface area (Å²) in [7, 11) is 1.55. The van der Waals surface area contributed by atoms with Gasteiger partial charge in [0.05, 0.1) is 12.8 Å². The highest BCUT2D eigenvalue weighted by atomic mass is 16.5. The van der Waals surface area contributed by atoms with Gasteiger partial charge in [0.1, 0.15) is 11.8 Å². The molecule has 3 amide bonds. The number of Topliss-reactive ketones (excluding diaryl/α,β-unsaturated/α-hetero) is 1. The Morgan fingerprint density at radius 1 is 0.812 bits per heavy atom. The van der Waals surface area contributed by atoms with Crippen LogP contribution in [0.25, 0.3) is 0 Å². The summed E-state index contributed by atoms with van der Waals surface area (Å²) >= 11 is 0. The predicted molar refractivity (Wildman–Crippen MR) is 123 cm³/mol. The van der Waals surface area contributed by atoms with E-state index in [1.807, 2.05) is 38.1 Å². The van der Waals surface area contributed by atoms with Crippen molar-refractivity contribution in [3.63, 3.8) is 0 Å². The number of carbonyl (C=O) groups excluding carboxylic acids is 3. The quantitative estimate of drug-likeness (QED) is 0.413. The number of carbonyl (C=O) groups is 3. The first-order chi connectivity index (χ1) is 15.4. The Bertz CT molecular complexity index is 1150. The second-order valence-electron chi connectivity index (χ2n) is 7.87. The maximum absolute atomic E-state index is 13.4. The van der Waals surface area contributed by atoms with Crippen LogP contribution in [-0.2, 0) is 4.79 Å². The van der Waals surface area contributed by atoms with Crippen LogP contribution in [0.4, 0.5) is 16.2 Å². The Labute approximate surface area is 187 Å². The zero-order valence-electron chi connectivity index (χ0n) is 18.2. The van der Waals surface area contributed by atoms with E-state index in [1.165, 1.54) is 4.90 Å². The average molecular weight is 428 g/mol. The SMILES string of the molecule is COc1ccc(C(=O)CC2C(=O)N(c3ccc(C)cc3)C(=O)N2c2ccc(C)cc2)cc1.